The van der Waals surface area contributed by atoms with Crippen molar-refractivity contribution in [2.75, 3.05) is 7.11 Å². The Kier molecular flexibility index (Phi) is 4.49. The molecule has 0 heterocycles. The molecule has 1 rings (SSSR count). The number of rotatable bonds is 4. The molecule has 76 valence electrons. The van der Waals surface area contributed by atoms with Crippen molar-refractivity contribution in [2.24, 2.45) is 0 Å². The van der Waals surface area contributed by atoms with Gasteiger partial charge in [-0.1, -0.05) is 17.6 Å². The lowest BCUT2D eigenvalue weighted by atomic mass is 9.87. The summed E-state index contributed by atoms with van der Waals surface area (Å²) in [5.41, 5.74) is 2.76. The Bertz CT molecular complexity index is 267. The predicted molar refractivity (Wildman–Crippen MR) is 59.9 cm³/mol. The van der Waals surface area contributed by atoms with Crippen LogP contribution >= 0.6 is 0 Å². The highest BCUT2D eigenvalue weighted by Gasteiger charge is 2.18. The van der Waals surface area contributed by atoms with Crippen LogP contribution in [0.15, 0.2) is 23.8 Å². The Hall–Kier alpha value is -1.00. The Morgan fingerprint density at radius 3 is 2.86 bits per heavy atom. The SMILES string of the molecule is C#CC(OC)C1=C(CC=C)CCCC1. The Balaban J connectivity index is 2.87. The predicted octanol–water partition coefficient (Wildman–Crippen LogP) is 3.08. The van der Waals surface area contributed by atoms with E-state index >= 15 is 0 Å². The van der Waals surface area contributed by atoms with Crippen LogP contribution < -0.4 is 0 Å². The standard InChI is InChI=1S/C13H18O/c1-4-8-11-9-6-7-10-12(11)13(5-2)14-3/h2,4,13H,1,6-10H2,3H3. The summed E-state index contributed by atoms with van der Waals surface area (Å²) in [4.78, 5) is 0. The molecule has 0 saturated heterocycles. The minimum atomic E-state index is -0.120. The molecule has 0 spiro atoms. The quantitative estimate of drug-likeness (QED) is 0.489. The first-order chi connectivity index (χ1) is 6.83. The van der Waals surface area contributed by atoms with E-state index in [2.05, 4.69) is 12.5 Å². The second-order valence-electron chi connectivity index (χ2n) is 3.61. The fraction of sp³-hybridized carbons (Fsp3) is 0.538. The van der Waals surface area contributed by atoms with Crippen molar-refractivity contribution in [2.45, 2.75) is 38.2 Å². The van der Waals surface area contributed by atoms with Gasteiger partial charge in [0.2, 0.25) is 0 Å². The van der Waals surface area contributed by atoms with Gasteiger partial charge >= 0.3 is 0 Å². The zero-order valence-electron chi connectivity index (χ0n) is 8.88. The smallest absolute Gasteiger partial charge is 0.139 e. The molecule has 1 aliphatic carbocycles. The molecule has 1 unspecified atom stereocenters. The van der Waals surface area contributed by atoms with Crippen LogP contribution in [0.25, 0.3) is 0 Å². The van der Waals surface area contributed by atoms with Crippen LogP contribution in [0.5, 0.6) is 0 Å². The summed E-state index contributed by atoms with van der Waals surface area (Å²) in [6, 6.07) is 0. The van der Waals surface area contributed by atoms with Crippen molar-refractivity contribution >= 4 is 0 Å². The van der Waals surface area contributed by atoms with Gasteiger partial charge in [-0.15, -0.1) is 13.0 Å². The largest absolute Gasteiger partial charge is 0.364 e. The molecule has 0 bridgehead atoms. The van der Waals surface area contributed by atoms with Crippen molar-refractivity contribution in [3.05, 3.63) is 23.8 Å². The van der Waals surface area contributed by atoms with Crippen LogP contribution in [0.2, 0.25) is 0 Å². The van der Waals surface area contributed by atoms with Gasteiger partial charge < -0.3 is 4.74 Å². The average molecular weight is 190 g/mol. The highest BCUT2D eigenvalue weighted by atomic mass is 16.5. The third-order valence-corrected chi connectivity index (χ3v) is 2.72. The molecule has 1 heteroatoms. The Morgan fingerprint density at radius 1 is 1.57 bits per heavy atom. The van der Waals surface area contributed by atoms with Crippen molar-refractivity contribution < 1.29 is 4.74 Å². The van der Waals surface area contributed by atoms with Gasteiger partial charge in [0, 0.05) is 7.11 Å². The highest BCUT2D eigenvalue weighted by molar-refractivity contribution is 5.28. The minimum absolute atomic E-state index is 0.120. The summed E-state index contributed by atoms with van der Waals surface area (Å²) in [7, 11) is 1.68. The van der Waals surface area contributed by atoms with E-state index in [0.29, 0.717) is 0 Å². The van der Waals surface area contributed by atoms with Crippen molar-refractivity contribution in [1.29, 1.82) is 0 Å². The van der Waals surface area contributed by atoms with Gasteiger partial charge in [-0.2, -0.15) is 0 Å². The van der Waals surface area contributed by atoms with Crippen LogP contribution in [0.1, 0.15) is 32.1 Å². The zero-order chi connectivity index (χ0) is 10.4. The van der Waals surface area contributed by atoms with E-state index in [1.807, 2.05) is 6.08 Å². The molecule has 1 nitrogen and oxygen atoms in total. The Labute approximate surface area is 86.8 Å². The van der Waals surface area contributed by atoms with Crippen LogP contribution in [-0.4, -0.2) is 13.2 Å². The van der Waals surface area contributed by atoms with Crippen LogP contribution in [0.3, 0.4) is 0 Å². The molecule has 14 heavy (non-hydrogen) atoms. The highest BCUT2D eigenvalue weighted by Crippen LogP contribution is 2.30. The number of terminal acetylenes is 1. The maximum Gasteiger partial charge on any atom is 0.139 e. The molecule has 0 radical (unpaired) electrons. The van der Waals surface area contributed by atoms with E-state index in [1.165, 1.54) is 24.0 Å². The number of methoxy groups -OCH3 is 1. The van der Waals surface area contributed by atoms with Crippen LogP contribution in [0.4, 0.5) is 0 Å². The van der Waals surface area contributed by atoms with Crippen molar-refractivity contribution in [1.82, 2.24) is 0 Å². The number of allylic oxidation sites excluding steroid dienone is 2. The lowest BCUT2D eigenvalue weighted by Gasteiger charge is -2.23. The molecule has 0 aliphatic heterocycles. The molecule has 0 amide bonds. The summed E-state index contributed by atoms with van der Waals surface area (Å²) in [6.07, 6.45) is 13.0. The molecule has 1 aliphatic rings. The molecule has 0 aromatic heterocycles. The molecule has 0 fully saturated rings. The van der Waals surface area contributed by atoms with Crippen molar-refractivity contribution in [3.8, 4) is 12.3 Å². The molecule has 1 atom stereocenters. The minimum Gasteiger partial charge on any atom is -0.364 e. The second-order valence-corrected chi connectivity index (χ2v) is 3.61. The van der Waals surface area contributed by atoms with E-state index in [0.717, 1.165) is 19.3 Å². The maximum absolute atomic E-state index is 5.44. The molecule has 0 aromatic carbocycles. The maximum atomic E-state index is 5.44. The third kappa shape index (κ3) is 2.49. The normalized spacial score (nSPS) is 18.9. The topological polar surface area (TPSA) is 9.23 Å². The first-order valence-electron chi connectivity index (χ1n) is 5.14. The van der Waals surface area contributed by atoms with Crippen LogP contribution in [0, 0.1) is 12.3 Å². The molecular weight excluding hydrogens is 172 g/mol. The monoisotopic (exact) mass is 190 g/mol. The number of hydrogen-bond donors (Lipinski definition) is 0. The van der Waals surface area contributed by atoms with Gasteiger partial charge in [-0.25, -0.2) is 0 Å². The van der Waals surface area contributed by atoms with Crippen molar-refractivity contribution in [3.63, 3.8) is 0 Å². The number of hydrogen-bond acceptors (Lipinski definition) is 1. The van der Waals surface area contributed by atoms with Crippen LogP contribution in [-0.2, 0) is 4.74 Å². The van der Waals surface area contributed by atoms with E-state index in [4.69, 9.17) is 11.2 Å². The molecule has 0 aromatic rings. The van der Waals surface area contributed by atoms with Gasteiger partial charge in [0.05, 0.1) is 0 Å². The Morgan fingerprint density at radius 2 is 2.29 bits per heavy atom. The fourth-order valence-corrected chi connectivity index (χ4v) is 2.03. The summed E-state index contributed by atoms with van der Waals surface area (Å²) in [5, 5.41) is 0. The molecular formula is C13H18O. The van der Waals surface area contributed by atoms with Gasteiger partial charge in [-0.05, 0) is 37.7 Å². The summed E-state index contributed by atoms with van der Waals surface area (Å²) in [5.74, 6) is 2.70. The average Bonchev–Trinajstić information content (AvgIpc) is 2.23. The van der Waals surface area contributed by atoms with Gasteiger partial charge in [0.25, 0.3) is 0 Å². The van der Waals surface area contributed by atoms with E-state index in [9.17, 15) is 0 Å². The van der Waals surface area contributed by atoms with Gasteiger partial charge in [0.15, 0.2) is 0 Å². The first-order valence-corrected chi connectivity index (χ1v) is 5.14. The lowest BCUT2D eigenvalue weighted by Crippen LogP contribution is -2.16. The summed E-state index contributed by atoms with van der Waals surface area (Å²) < 4.78 is 5.29. The fourth-order valence-electron chi connectivity index (χ4n) is 2.03. The van der Waals surface area contributed by atoms with Gasteiger partial charge in [0.1, 0.15) is 6.10 Å². The van der Waals surface area contributed by atoms with E-state index in [-0.39, 0.29) is 6.10 Å². The first kappa shape index (κ1) is 11.1. The van der Waals surface area contributed by atoms with Gasteiger partial charge in [-0.3, -0.25) is 0 Å². The van der Waals surface area contributed by atoms with E-state index < -0.39 is 0 Å². The summed E-state index contributed by atoms with van der Waals surface area (Å²) in [6.45, 7) is 3.77. The lowest BCUT2D eigenvalue weighted by molar-refractivity contribution is 0.169. The second kappa shape index (κ2) is 5.67. The third-order valence-electron chi connectivity index (χ3n) is 2.72. The van der Waals surface area contributed by atoms with E-state index in [1.54, 1.807) is 7.11 Å². The number of ether oxygens (including phenoxy) is 1. The summed E-state index contributed by atoms with van der Waals surface area (Å²) >= 11 is 0. The molecule has 0 N–H and O–H groups in total. The molecule has 0 saturated carbocycles. The zero-order valence-corrected chi connectivity index (χ0v) is 8.88.